The van der Waals surface area contributed by atoms with E-state index in [1.54, 1.807) is 0 Å². The van der Waals surface area contributed by atoms with Crippen molar-refractivity contribution in [2.45, 2.75) is 39.7 Å². The van der Waals surface area contributed by atoms with Gasteiger partial charge in [0.15, 0.2) is 0 Å². The molecule has 0 radical (unpaired) electrons. The summed E-state index contributed by atoms with van der Waals surface area (Å²) < 4.78 is 6.29. The SMILES string of the molecule is CCc1cc(Br)ccc1NCC(=O)OC(C)(C)C. The monoisotopic (exact) mass is 313 g/mol. The third-order valence-corrected chi connectivity index (χ3v) is 2.78. The molecule has 0 aromatic heterocycles. The van der Waals surface area contributed by atoms with Crippen molar-refractivity contribution in [2.24, 2.45) is 0 Å². The van der Waals surface area contributed by atoms with Gasteiger partial charge in [-0.05, 0) is 51.0 Å². The van der Waals surface area contributed by atoms with E-state index in [0.29, 0.717) is 0 Å². The Labute approximate surface area is 117 Å². The number of nitrogens with one attached hydrogen (secondary N) is 1. The molecule has 0 atom stereocenters. The van der Waals surface area contributed by atoms with Gasteiger partial charge < -0.3 is 10.1 Å². The minimum atomic E-state index is -0.438. The van der Waals surface area contributed by atoms with Crippen LogP contribution in [-0.2, 0) is 16.0 Å². The summed E-state index contributed by atoms with van der Waals surface area (Å²) in [5, 5.41) is 3.12. The highest BCUT2D eigenvalue weighted by molar-refractivity contribution is 9.10. The molecule has 1 aromatic rings. The predicted octanol–water partition coefficient (Wildman–Crippen LogP) is 3.77. The summed E-state index contributed by atoms with van der Waals surface area (Å²) in [4.78, 5) is 11.6. The first-order chi connectivity index (χ1) is 8.31. The highest BCUT2D eigenvalue weighted by atomic mass is 79.9. The van der Waals surface area contributed by atoms with Gasteiger partial charge in [0.05, 0.1) is 0 Å². The van der Waals surface area contributed by atoms with Crippen LogP contribution >= 0.6 is 15.9 Å². The van der Waals surface area contributed by atoms with Gasteiger partial charge in [-0.3, -0.25) is 4.79 Å². The molecule has 1 N–H and O–H groups in total. The smallest absolute Gasteiger partial charge is 0.325 e. The third kappa shape index (κ3) is 5.08. The second kappa shape index (κ2) is 6.23. The summed E-state index contributed by atoms with van der Waals surface area (Å²) in [6.07, 6.45) is 0.913. The summed E-state index contributed by atoms with van der Waals surface area (Å²) in [6, 6.07) is 5.97. The molecule has 0 saturated heterocycles. The van der Waals surface area contributed by atoms with Crippen LogP contribution in [-0.4, -0.2) is 18.1 Å². The van der Waals surface area contributed by atoms with Crippen LogP contribution in [0.1, 0.15) is 33.3 Å². The molecule has 18 heavy (non-hydrogen) atoms. The molecule has 1 rings (SSSR count). The summed E-state index contributed by atoms with van der Waals surface area (Å²) >= 11 is 3.44. The van der Waals surface area contributed by atoms with Crippen LogP contribution < -0.4 is 5.32 Å². The fourth-order valence-corrected chi connectivity index (χ4v) is 1.98. The number of hydrogen-bond acceptors (Lipinski definition) is 3. The van der Waals surface area contributed by atoms with E-state index in [4.69, 9.17) is 4.74 Å². The predicted molar refractivity (Wildman–Crippen MR) is 77.9 cm³/mol. The number of carbonyl (C=O) groups excluding carboxylic acids is 1. The maximum Gasteiger partial charge on any atom is 0.325 e. The van der Waals surface area contributed by atoms with Crippen molar-refractivity contribution >= 4 is 27.6 Å². The molecule has 0 aliphatic carbocycles. The fraction of sp³-hybridized carbons (Fsp3) is 0.500. The molecule has 0 saturated carbocycles. The van der Waals surface area contributed by atoms with Crippen LogP contribution in [0.4, 0.5) is 5.69 Å². The minimum Gasteiger partial charge on any atom is -0.459 e. The summed E-state index contributed by atoms with van der Waals surface area (Å²) in [7, 11) is 0. The Balaban J connectivity index is 2.61. The zero-order chi connectivity index (χ0) is 13.8. The van der Waals surface area contributed by atoms with Gasteiger partial charge in [-0.1, -0.05) is 22.9 Å². The Hall–Kier alpha value is -1.03. The van der Waals surface area contributed by atoms with Gasteiger partial charge >= 0.3 is 5.97 Å². The van der Waals surface area contributed by atoms with Gasteiger partial charge in [0.2, 0.25) is 0 Å². The highest BCUT2D eigenvalue weighted by Gasteiger charge is 2.16. The van der Waals surface area contributed by atoms with Gasteiger partial charge in [0, 0.05) is 10.2 Å². The number of esters is 1. The standard InChI is InChI=1S/C14H20BrNO2/c1-5-10-8-11(15)6-7-12(10)16-9-13(17)18-14(2,3)4/h6-8,16H,5,9H2,1-4H3. The maximum absolute atomic E-state index is 11.6. The van der Waals surface area contributed by atoms with Gasteiger partial charge in [0.25, 0.3) is 0 Å². The van der Waals surface area contributed by atoms with E-state index in [-0.39, 0.29) is 12.5 Å². The van der Waals surface area contributed by atoms with E-state index in [9.17, 15) is 4.79 Å². The van der Waals surface area contributed by atoms with Crippen LogP contribution in [0.25, 0.3) is 0 Å². The summed E-state index contributed by atoms with van der Waals surface area (Å²) in [5.74, 6) is -0.243. The quantitative estimate of drug-likeness (QED) is 0.860. The molecule has 0 aliphatic rings. The Bertz CT molecular complexity index is 424. The van der Waals surface area contributed by atoms with Crippen molar-refractivity contribution in [3.8, 4) is 0 Å². The lowest BCUT2D eigenvalue weighted by atomic mass is 10.1. The van der Waals surface area contributed by atoms with Gasteiger partial charge in [0.1, 0.15) is 12.1 Å². The van der Waals surface area contributed by atoms with Crippen molar-refractivity contribution in [3.05, 3.63) is 28.2 Å². The van der Waals surface area contributed by atoms with Crippen LogP contribution in [0.5, 0.6) is 0 Å². The molecule has 100 valence electrons. The fourth-order valence-electron chi connectivity index (χ4n) is 1.57. The average molecular weight is 314 g/mol. The van der Waals surface area contributed by atoms with E-state index in [0.717, 1.165) is 16.6 Å². The van der Waals surface area contributed by atoms with E-state index in [1.165, 1.54) is 5.56 Å². The summed E-state index contributed by atoms with van der Waals surface area (Å²) in [5.41, 5.74) is 1.71. The number of ether oxygens (including phenoxy) is 1. The molecule has 3 nitrogen and oxygen atoms in total. The number of benzene rings is 1. The number of aryl methyl sites for hydroxylation is 1. The molecule has 0 aliphatic heterocycles. The molecule has 0 heterocycles. The molecule has 1 aromatic carbocycles. The van der Waals surface area contributed by atoms with Gasteiger partial charge in [-0.2, -0.15) is 0 Å². The molecule has 0 unspecified atom stereocenters. The Morgan fingerprint density at radius 1 is 1.39 bits per heavy atom. The largest absolute Gasteiger partial charge is 0.459 e. The Morgan fingerprint density at radius 2 is 2.06 bits per heavy atom. The summed E-state index contributed by atoms with van der Waals surface area (Å²) in [6.45, 7) is 7.86. The topological polar surface area (TPSA) is 38.3 Å². The number of hydrogen-bond donors (Lipinski definition) is 1. The molecule has 4 heteroatoms. The lowest BCUT2D eigenvalue weighted by Crippen LogP contribution is -2.28. The lowest BCUT2D eigenvalue weighted by Gasteiger charge is -2.20. The Morgan fingerprint density at radius 3 is 2.61 bits per heavy atom. The van der Waals surface area contributed by atoms with E-state index < -0.39 is 5.60 Å². The molecule has 0 amide bonds. The Kier molecular flexibility index (Phi) is 5.20. The van der Waals surface area contributed by atoms with Crippen molar-refractivity contribution in [1.82, 2.24) is 0 Å². The number of rotatable bonds is 4. The van der Waals surface area contributed by atoms with E-state index in [2.05, 4.69) is 34.2 Å². The molecule has 0 bridgehead atoms. The minimum absolute atomic E-state index is 0.186. The second-order valence-electron chi connectivity index (χ2n) is 5.10. The molecular weight excluding hydrogens is 294 g/mol. The first kappa shape index (κ1) is 15.0. The second-order valence-corrected chi connectivity index (χ2v) is 6.01. The first-order valence-corrected chi connectivity index (χ1v) is 6.85. The van der Waals surface area contributed by atoms with E-state index in [1.807, 2.05) is 32.9 Å². The van der Waals surface area contributed by atoms with Crippen molar-refractivity contribution < 1.29 is 9.53 Å². The zero-order valence-electron chi connectivity index (χ0n) is 11.3. The van der Waals surface area contributed by atoms with E-state index >= 15 is 0 Å². The third-order valence-electron chi connectivity index (χ3n) is 2.29. The van der Waals surface area contributed by atoms with Gasteiger partial charge in [-0.15, -0.1) is 0 Å². The van der Waals surface area contributed by atoms with Crippen LogP contribution in [0.15, 0.2) is 22.7 Å². The zero-order valence-corrected chi connectivity index (χ0v) is 12.9. The van der Waals surface area contributed by atoms with Crippen LogP contribution in [0, 0.1) is 0 Å². The van der Waals surface area contributed by atoms with Crippen molar-refractivity contribution in [3.63, 3.8) is 0 Å². The number of anilines is 1. The average Bonchev–Trinajstić information content (AvgIpc) is 2.24. The first-order valence-electron chi connectivity index (χ1n) is 6.06. The van der Waals surface area contributed by atoms with Crippen LogP contribution in [0.2, 0.25) is 0 Å². The normalized spacial score (nSPS) is 11.2. The maximum atomic E-state index is 11.6. The molecular formula is C14H20BrNO2. The highest BCUT2D eigenvalue weighted by Crippen LogP contribution is 2.21. The molecule has 0 spiro atoms. The van der Waals surface area contributed by atoms with Crippen LogP contribution in [0.3, 0.4) is 0 Å². The number of halogens is 1. The number of carbonyl (C=O) groups is 1. The van der Waals surface area contributed by atoms with Gasteiger partial charge in [-0.25, -0.2) is 0 Å². The lowest BCUT2D eigenvalue weighted by molar-refractivity contribution is -0.152. The van der Waals surface area contributed by atoms with Crippen molar-refractivity contribution in [2.75, 3.05) is 11.9 Å². The molecule has 0 fully saturated rings. The van der Waals surface area contributed by atoms with Crippen molar-refractivity contribution in [1.29, 1.82) is 0 Å².